The molecule has 11 heteroatoms. The van der Waals surface area contributed by atoms with Crippen molar-refractivity contribution in [2.75, 3.05) is 17.3 Å². The second kappa shape index (κ2) is 8.21. The topological polar surface area (TPSA) is 137 Å². The van der Waals surface area contributed by atoms with Crippen LogP contribution in [-0.4, -0.2) is 43.7 Å². The van der Waals surface area contributed by atoms with Crippen molar-refractivity contribution in [2.45, 2.75) is 0 Å². The number of tetrazole rings is 1. The Balaban J connectivity index is 1.68. The number of rotatable bonds is 6. The number of anilines is 2. The Morgan fingerprint density at radius 1 is 1.15 bits per heavy atom. The maximum absolute atomic E-state index is 12.5. The molecule has 2 aromatic carbocycles. The monoisotopic (exact) mass is 385 g/mol. The van der Waals surface area contributed by atoms with E-state index < -0.39 is 12.5 Å². The highest BCUT2D eigenvalue weighted by atomic mass is 32.1. The Labute approximate surface area is 158 Å². The number of aliphatic hydroxyl groups excluding tert-OH is 1. The van der Waals surface area contributed by atoms with Gasteiger partial charge in [0.15, 0.2) is 0 Å². The molecule has 2 amide bonds. The lowest BCUT2D eigenvalue weighted by atomic mass is 10.2. The zero-order valence-electron chi connectivity index (χ0n) is 13.8. The van der Waals surface area contributed by atoms with Crippen LogP contribution in [0.4, 0.5) is 11.4 Å². The molecule has 27 heavy (non-hydrogen) atoms. The standard InChI is InChI=1S/C16H15N7O3S/c24-9-14(25)19-18-12-6-4-11(5-7-12)17-15(26)10-2-1-3-13(8-10)23-16(27)20-21-22-23/h1-8,18,24H,9H2,(H,17,26)(H,19,25)(H,20,22,27). The van der Waals surface area contributed by atoms with Gasteiger partial charge in [-0.25, -0.2) is 4.68 Å². The van der Waals surface area contributed by atoms with Crippen molar-refractivity contribution in [1.82, 2.24) is 25.6 Å². The van der Waals surface area contributed by atoms with Crippen LogP contribution in [0.2, 0.25) is 0 Å². The Hall–Kier alpha value is -3.57. The van der Waals surface area contributed by atoms with Gasteiger partial charge >= 0.3 is 0 Å². The van der Waals surface area contributed by atoms with E-state index in [1.165, 1.54) is 4.68 Å². The van der Waals surface area contributed by atoms with Crippen molar-refractivity contribution in [2.24, 2.45) is 0 Å². The first-order valence-electron chi connectivity index (χ1n) is 7.74. The number of amides is 2. The van der Waals surface area contributed by atoms with Crippen LogP contribution in [0.25, 0.3) is 5.69 Å². The molecule has 0 aliphatic heterocycles. The molecule has 138 valence electrons. The summed E-state index contributed by atoms with van der Waals surface area (Å²) in [6.45, 7) is -0.611. The minimum Gasteiger partial charge on any atom is -0.386 e. The van der Waals surface area contributed by atoms with E-state index in [2.05, 4.69) is 31.7 Å². The van der Waals surface area contributed by atoms with Gasteiger partial charge in [0.25, 0.3) is 11.8 Å². The van der Waals surface area contributed by atoms with E-state index >= 15 is 0 Å². The average molecular weight is 385 g/mol. The number of hydrogen-bond acceptors (Lipinski definition) is 7. The van der Waals surface area contributed by atoms with Crippen LogP contribution in [0.15, 0.2) is 48.5 Å². The van der Waals surface area contributed by atoms with E-state index in [0.29, 0.717) is 22.6 Å². The van der Waals surface area contributed by atoms with Gasteiger partial charge in [0.1, 0.15) is 6.61 Å². The summed E-state index contributed by atoms with van der Waals surface area (Å²) in [7, 11) is 0. The number of aliphatic hydroxyl groups is 1. The smallest absolute Gasteiger partial charge is 0.263 e. The van der Waals surface area contributed by atoms with Gasteiger partial charge in [0.05, 0.1) is 11.4 Å². The first-order chi connectivity index (χ1) is 13.1. The second-order valence-electron chi connectivity index (χ2n) is 5.33. The van der Waals surface area contributed by atoms with Gasteiger partial charge in [-0.2, -0.15) is 5.21 Å². The summed E-state index contributed by atoms with van der Waals surface area (Å²) in [5.41, 5.74) is 7.18. The molecule has 0 bridgehead atoms. The van der Waals surface area contributed by atoms with E-state index in [0.717, 1.165) is 0 Å². The molecule has 3 rings (SSSR count). The van der Waals surface area contributed by atoms with Crippen LogP contribution in [-0.2, 0) is 4.79 Å². The molecule has 0 unspecified atom stereocenters. The summed E-state index contributed by atoms with van der Waals surface area (Å²) in [6, 6.07) is 13.5. The van der Waals surface area contributed by atoms with E-state index in [-0.39, 0.29) is 10.7 Å². The number of carbonyl (C=O) groups excluding carboxylic acids is 2. The molecule has 0 fully saturated rings. The van der Waals surface area contributed by atoms with Gasteiger partial charge in [-0.15, -0.1) is 0 Å². The molecular formula is C16H15N7O3S. The van der Waals surface area contributed by atoms with Crippen LogP contribution in [0.3, 0.4) is 0 Å². The van der Waals surface area contributed by atoms with E-state index in [1.54, 1.807) is 48.5 Å². The molecule has 10 nitrogen and oxygen atoms in total. The SMILES string of the molecule is O=C(CO)NNc1ccc(NC(=O)c2cccc(-n3[nH]nnc3=S)c2)cc1. The number of H-pyrrole nitrogens is 1. The quantitative estimate of drug-likeness (QED) is 0.315. The highest BCUT2D eigenvalue weighted by Gasteiger charge is 2.09. The van der Waals surface area contributed by atoms with Gasteiger partial charge in [-0.05, 0) is 54.7 Å². The van der Waals surface area contributed by atoms with Crippen LogP contribution in [0.1, 0.15) is 10.4 Å². The number of nitrogens with one attached hydrogen (secondary N) is 4. The first kappa shape index (κ1) is 18.2. The summed E-state index contributed by atoms with van der Waals surface area (Å²) in [4.78, 5) is 23.5. The predicted octanol–water partition coefficient (Wildman–Crippen LogP) is 1.01. The minimum absolute atomic E-state index is 0.254. The van der Waals surface area contributed by atoms with Gasteiger partial charge < -0.3 is 10.4 Å². The zero-order valence-corrected chi connectivity index (χ0v) is 14.7. The van der Waals surface area contributed by atoms with E-state index in [1.807, 2.05) is 0 Å². The number of aromatic nitrogens is 4. The summed E-state index contributed by atoms with van der Waals surface area (Å²) in [5.74, 6) is -0.857. The van der Waals surface area contributed by atoms with Crippen LogP contribution in [0, 0.1) is 4.77 Å². The van der Waals surface area contributed by atoms with Crippen LogP contribution in [0.5, 0.6) is 0 Å². The molecule has 0 atom stereocenters. The number of nitrogens with zero attached hydrogens (tertiary/aromatic N) is 3. The fourth-order valence-corrected chi connectivity index (χ4v) is 2.36. The highest BCUT2D eigenvalue weighted by molar-refractivity contribution is 7.71. The third-order valence-electron chi connectivity index (χ3n) is 3.47. The van der Waals surface area contributed by atoms with Crippen molar-refractivity contribution < 1.29 is 14.7 Å². The molecule has 0 aliphatic rings. The molecule has 1 heterocycles. The van der Waals surface area contributed by atoms with Crippen molar-refractivity contribution >= 4 is 35.4 Å². The van der Waals surface area contributed by atoms with Gasteiger partial charge in [-0.1, -0.05) is 16.4 Å². The fraction of sp³-hybridized carbons (Fsp3) is 0.0625. The van der Waals surface area contributed by atoms with Crippen molar-refractivity contribution in [3.05, 3.63) is 58.9 Å². The lowest BCUT2D eigenvalue weighted by Gasteiger charge is -2.10. The van der Waals surface area contributed by atoms with Crippen molar-refractivity contribution in [3.63, 3.8) is 0 Å². The van der Waals surface area contributed by atoms with Crippen LogP contribution < -0.4 is 16.2 Å². The largest absolute Gasteiger partial charge is 0.386 e. The summed E-state index contributed by atoms with van der Waals surface area (Å²) in [5, 5.41) is 21.4. The lowest BCUT2D eigenvalue weighted by Crippen LogP contribution is -2.31. The molecule has 0 saturated heterocycles. The van der Waals surface area contributed by atoms with Crippen molar-refractivity contribution in [3.8, 4) is 5.69 Å². The molecule has 0 spiro atoms. The minimum atomic E-state index is -0.611. The molecular weight excluding hydrogens is 370 g/mol. The van der Waals surface area contributed by atoms with Crippen LogP contribution >= 0.6 is 12.2 Å². The molecule has 0 radical (unpaired) electrons. The van der Waals surface area contributed by atoms with Gasteiger partial charge in [-0.3, -0.25) is 20.4 Å². The number of hydrazine groups is 1. The average Bonchev–Trinajstić information content (AvgIpc) is 3.13. The Morgan fingerprint density at radius 2 is 1.89 bits per heavy atom. The lowest BCUT2D eigenvalue weighted by molar-refractivity contribution is -0.123. The zero-order chi connectivity index (χ0) is 19.2. The highest BCUT2D eigenvalue weighted by Crippen LogP contribution is 2.15. The van der Waals surface area contributed by atoms with Crippen molar-refractivity contribution in [1.29, 1.82) is 0 Å². The van der Waals surface area contributed by atoms with E-state index in [9.17, 15) is 9.59 Å². The Kier molecular flexibility index (Phi) is 5.54. The Morgan fingerprint density at radius 3 is 2.56 bits per heavy atom. The Bertz CT molecular complexity index is 1010. The predicted molar refractivity (Wildman–Crippen MR) is 99.8 cm³/mol. The molecule has 0 saturated carbocycles. The summed E-state index contributed by atoms with van der Waals surface area (Å²) in [6.07, 6.45) is 0. The maximum Gasteiger partial charge on any atom is 0.263 e. The molecule has 0 aliphatic carbocycles. The summed E-state index contributed by atoms with van der Waals surface area (Å²) >= 11 is 5.05. The normalized spacial score (nSPS) is 10.3. The van der Waals surface area contributed by atoms with E-state index in [4.69, 9.17) is 17.3 Å². The van der Waals surface area contributed by atoms with Gasteiger partial charge in [0.2, 0.25) is 4.77 Å². The number of benzene rings is 2. The third kappa shape index (κ3) is 4.54. The van der Waals surface area contributed by atoms with Gasteiger partial charge in [0, 0.05) is 11.3 Å². The maximum atomic E-state index is 12.5. The first-order valence-corrected chi connectivity index (χ1v) is 8.15. The second-order valence-corrected chi connectivity index (χ2v) is 5.70. The number of hydrogen-bond donors (Lipinski definition) is 5. The third-order valence-corrected chi connectivity index (χ3v) is 3.73. The molecule has 3 aromatic rings. The summed E-state index contributed by atoms with van der Waals surface area (Å²) < 4.78 is 1.73. The fourth-order valence-electron chi connectivity index (χ4n) is 2.17. The molecule has 5 N–H and O–H groups in total. The molecule has 1 aromatic heterocycles. The number of carbonyl (C=O) groups is 2. The number of aromatic amines is 1.